The number of nitrogens with one attached hydrogen (secondary N) is 1. The monoisotopic (exact) mass is 358 g/mol. The molecule has 0 aliphatic heterocycles. The molecule has 2 heterocycles. The number of H-pyrrole nitrogens is 1. The Hall–Kier alpha value is -3.67. The highest BCUT2D eigenvalue weighted by Crippen LogP contribution is 2.18. The van der Waals surface area contributed by atoms with E-state index in [-0.39, 0.29) is 11.5 Å². The average Bonchev–Trinajstić information content (AvgIpc) is 3.13. The molecule has 6 heteroatoms. The van der Waals surface area contributed by atoms with Crippen LogP contribution in [0, 0.1) is 0 Å². The van der Waals surface area contributed by atoms with Gasteiger partial charge in [-0.2, -0.15) is 0 Å². The molecular formula is C21H18N4O2. The Bertz CT molecular complexity index is 1150. The summed E-state index contributed by atoms with van der Waals surface area (Å²) < 4.78 is 1.29. The predicted molar refractivity (Wildman–Crippen MR) is 103 cm³/mol. The fraction of sp³-hybridized carbons (Fsp3) is 0.0952. The summed E-state index contributed by atoms with van der Waals surface area (Å²) in [5.41, 5.74) is 2.83. The van der Waals surface area contributed by atoms with E-state index in [4.69, 9.17) is 0 Å². The van der Waals surface area contributed by atoms with Gasteiger partial charge < -0.3 is 4.90 Å². The predicted octanol–water partition coefficient (Wildman–Crippen LogP) is 2.96. The summed E-state index contributed by atoms with van der Waals surface area (Å²) in [7, 11) is 1.73. The van der Waals surface area contributed by atoms with E-state index in [1.54, 1.807) is 11.9 Å². The lowest BCUT2D eigenvalue weighted by Crippen LogP contribution is -2.26. The summed E-state index contributed by atoms with van der Waals surface area (Å²) in [6.07, 6.45) is 1.53. The fourth-order valence-electron chi connectivity index (χ4n) is 3.03. The van der Waals surface area contributed by atoms with Gasteiger partial charge in [0.2, 0.25) is 0 Å². The maximum absolute atomic E-state index is 12.9. The van der Waals surface area contributed by atoms with Crippen molar-refractivity contribution in [1.82, 2.24) is 19.5 Å². The number of rotatable bonds is 4. The number of carbonyl (C=O) groups is 1. The fourth-order valence-corrected chi connectivity index (χ4v) is 3.03. The van der Waals surface area contributed by atoms with Crippen LogP contribution in [-0.2, 0) is 6.54 Å². The van der Waals surface area contributed by atoms with E-state index in [1.807, 2.05) is 60.7 Å². The first-order chi connectivity index (χ1) is 13.1. The molecule has 0 spiro atoms. The second kappa shape index (κ2) is 6.92. The van der Waals surface area contributed by atoms with Crippen molar-refractivity contribution >= 4 is 11.6 Å². The summed E-state index contributed by atoms with van der Waals surface area (Å²) in [4.78, 5) is 31.5. The van der Waals surface area contributed by atoms with Crippen LogP contribution in [-0.4, -0.2) is 32.5 Å². The van der Waals surface area contributed by atoms with Crippen molar-refractivity contribution in [2.24, 2.45) is 0 Å². The lowest BCUT2D eigenvalue weighted by atomic mass is 10.1. The Kier molecular flexibility index (Phi) is 4.30. The van der Waals surface area contributed by atoms with Crippen LogP contribution < -0.4 is 5.56 Å². The summed E-state index contributed by atoms with van der Waals surface area (Å²) in [6.45, 7) is 0.472. The largest absolute Gasteiger partial charge is 0.337 e. The smallest absolute Gasteiger partial charge is 0.273 e. The zero-order valence-corrected chi connectivity index (χ0v) is 14.8. The van der Waals surface area contributed by atoms with E-state index in [0.717, 1.165) is 11.1 Å². The number of nitrogens with zero attached hydrogens (tertiary/aromatic N) is 3. The summed E-state index contributed by atoms with van der Waals surface area (Å²) in [6, 6.07) is 20.6. The van der Waals surface area contributed by atoms with Crippen LogP contribution >= 0.6 is 0 Å². The van der Waals surface area contributed by atoms with Crippen LogP contribution in [0.25, 0.3) is 16.9 Å². The van der Waals surface area contributed by atoms with Crippen LogP contribution in [0.4, 0.5) is 0 Å². The number of carbonyl (C=O) groups excluding carboxylic acids is 1. The number of benzene rings is 2. The van der Waals surface area contributed by atoms with E-state index >= 15 is 0 Å². The summed E-state index contributed by atoms with van der Waals surface area (Å²) >= 11 is 0. The molecule has 2 aromatic carbocycles. The number of fused-ring (bicyclic) bond motifs is 1. The third kappa shape index (κ3) is 3.25. The molecule has 6 nitrogen and oxygen atoms in total. The zero-order chi connectivity index (χ0) is 18.8. The topological polar surface area (TPSA) is 70.5 Å². The average molecular weight is 358 g/mol. The van der Waals surface area contributed by atoms with Gasteiger partial charge in [-0.1, -0.05) is 60.7 Å². The molecule has 0 unspecified atom stereocenters. The first-order valence-corrected chi connectivity index (χ1v) is 8.59. The standard InChI is InChI=1S/C21H18N4O2/c1-24(14-15-8-4-2-5-9-15)21(27)17-13-22-25-19(26)12-18(23-20(17)25)16-10-6-3-7-11-16/h2-13,22H,14H2,1H3. The van der Waals surface area contributed by atoms with Gasteiger partial charge in [0.05, 0.1) is 5.69 Å². The van der Waals surface area contributed by atoms with Crippen LogP contribution in [0.15, 0.2) is 77.7 Å². The van der Waals surface area contributed by atoms with Gasteiger partial charge in [0.1, 0.15) is 5.56 Å². The number of aromatic amines is 1. The highest BCUT2D eigenvalue weighted by molar-refractivity contribution is 5.99. The summed E-state index contributed by atoms with van der Waals surface area (Å²) in [5, 5.41) is 2.83. The Morgan fingerprint density at radius 1 is 1.07 bits per heavy atom. The molecule has 0 radical (unpaired) electrons. The molecule has 4 rings (SSSR count). The van der Waals surface area contributed by atoms with E-state index < -0.39 is 0 Å². The maximum atomic E-state index is 12.9. The van der Waals surface area contributed by atoms with Crippen molar-refractivity contribution in [3.05, 3.63) is 94.4 Å². The molecule has 134 valence electrons. The van der Waals surface area contributed by atoms with Gasteiger partial charge in [-0.3, -0.25) is 14.7 Å². The van der Waals surface area contributed by atoms with Crippen LogP contribution in [0.3, 0.4) is 0 Å². The van der Waals surface area contributed by atoms with Gasteiger partial charge in [-0.05, 0) is 5.56 Å². The first-order valence-electron chi connectivity index (χ1n) is 8.59. The molecular weight excluding hydrogens is 340 g/mol. The van der Waals surface area contributed by atoms with Gasteiger partial charge in [0.25, 0.3) is 11.5 Å². The minimum atomic E-state index is -0.261. The SMILES string of the molecule is CN(Cc1ccccc1)C(=O)c1c[nH]n2c(=O)cc(-c3ccccc3)nc12. The van der Waals surface area contributed by atoms with Crippen molar-refractivity contribution in [3.8, 4) is 11.3 Å². The second-order valence-electron chi connectivity index (χ2n) is 6.34. The maximum Gasteiger partial charge on any atom is 0.273 e. The highest BCUT2D eigenvalue weighted by atomic mass is 16.2. The third-order valence-electron chi connectivity index (χ3n) is 4.41. The van der Waals surface area contributed by atoms with Crippen LogP contribution in [0.2, 0.25) is 0 Å². The van der Waals surface area contributed by atoms with Crippen molar-refractivity contribution in [3.63, 3.8) is 0 Å². The van der Waals surface area contributed by atoms with E-state index in [1.165, 1.54) is 16.8 Å². The molecule has 1 amide bonds. The van der Waals surface area contributed by atoms with E-state index in [2.05, 4.69) is 10.1 Å². The van der Waals surface area contributed by atoms with Crippen molar-refractivity contribution in [2.75, 3.05) is 7.05 Å². The molecule has 2 aromatic heterocycles. The van der Waals surface area contributed by atoms with Gasteiger partial charge >= 0.3 is 0 Å². The van der Waals surface area contributed by atoms with Crippen molar-refractivity contribution in [2.45, 2.75) is 6.54 Å². The number of aromatic nitrogens is 3. The van der Waals surface area contributed by atoms with Gasteiger partial charge in [0.15, 0.2) is 5.65 Å². The molecule has 0 saturated heterocycles. The highest BCUT2D eigenvalue weighted by Gasteiger charge is 2.19. The quantitative estimate of drug-likeness (QED) is 0.610. The molecule has 0 aliphatic rings. The molecule has 0 bridgehead atoms. The van der Waals surface area contributed by atoms with E-state index in [0.29, 0.717) is 23.4 Å². The molecule has 0 saturated carbocycles. The molecule has 0 aliphatic carbocycles. The molecule has 4 aromatic rings. The second-order valence-corrected chi connectivity index (χ2v) is 6.34. The van der Waals surface area contributed by atoms with E-state index in [9.17, 15) is 9.59 Å². The zero-order valence-electron chi connectivity index (χ0n) is 14.8. The molecule has 0 fully saturated rings. The first kappa shape index (κ1) is 16.8. The lowest BCUT2D eigenvalue weighted by Gasteiger charge is -2.16. The Balaban J connectivity index is 1.72. The Morgan fingerprint density at radius 3 is 2.44 bits per heavy atom. The van der Waals surface area contributed by atoms with Crippen molar-refractivity contribution < 1.29 is 4.79 Å². The van der Waals surface area contributed by atoms with Gasteiger partial charge in [-0.15, -0.1) is 0 Å². The van der Waals surface area contributed by atoms with Crippen molar-refractivity contribution in [1.29, 1.82) is 0 Å². The Labute approximate surface area is 155 Å². The number of amides is 1. The van der Waals surface area contributed by atoms with Crippen LogP contribution in [0.5, 0.6) is 0 Å². The number of hydrogen-bond acceptors (Lipinski definition) is 3. The minimum absolute atomic E-state index is 0.199. The third-order valence-corrected chi connectivity index (χ3v) is 4.41. The Morgan fingerprint density at radius 2 is 1.74 bits per heavy atom. The normalized spacial score (nSPS) is 10.9. The molecule has 0 atom stereocenters. The lowest BCUT2D eigenvalue weighted by molar-refractivity contribution is 0.0787. The molecule has 27 heavy (non-hydrogen) atoms. The number of hydrogen-bond donors (Lipinski definition) is 1. The van der Waals surface area contributed by atoms with Gasteiger partial charge in [0, 0.05) is 31.4 Å². The van der Waals surface area contributed by atoms with Gasteiger partial charge in [-0.25, -0.2) is 9.50 Å². The summed E-state index contributed by atoms with van der Waals surface area (Å²) in [5.74, 6) is -0.199. The van der Waals surface area contributed by atoms with Crippen LogP contribution in [0.1, 0.15) is 15.9 Å². The molecule has 1 N–H and O–H groups in total. The minimum Gasteiger partial charge on any atom is -0.337 e.